The van der Waals surface area contributed by atoms with E-state index in [0.717, 1.165) is 51.6 Å². The fourth-order valence-corrected chi connectivity index (χ4v) is 2.93. The smallest absolute Gasteiger partial charge is 0.191 e. The summed E-state index contributed by atoms with van der Waals surface area (Å²) in [5.74, 6) is 0.887. The lowest BCUT2D eigenvalue weighted by Crippen LogP contribution is -2.44. The number of nitrogens with one attached hydrogen (secondary N) is 2. The molecule has 1 aromatic rings. The summed E-state index contributed by atoms with van der Waals surface area (Å²) >= 11 is 1.80. The summed E-state index contributed by atoms with van der Waals surface area (Å²) in [6.07, 6.45) is 3.99. The van der Waals surface area contributed by atoms with Crippen molar-refractivity contribution in [3.63, 3.8) is 0 Å². The summed E-state index contributed by atoms with van der Waals surface area (Å²) in [6, 6.07) is 0. The molecule has 118 valence electrons. The summed E-state index contributed by atoms with van der Waals surface area (Å²) in [7, 11) is 0. The van der Waals surface area contributed by atoms with Crippen LogP contribution in [-0.4, -0.2) is 43.8 Å². The van der Waals surface area contributed by atoms with Crippen molar-refractivity contribution in [2.45, 2.75) is 33.6 Å². The topological polar surface area (TPSA) is 58.5 Å². The Hall–Kier alpha value is -1.14. The van der Waals surface area contributed by atoms with Crippen LogP contribution in [0.4, 0.5) is 0 Å². The summed E-state index contributed by atoms with van der Waals surface area (Å²) < 4.78 is 5.27. The highest BCUT2D eigenvalue weighted by Crippen LogP contribution is 2.26. The second-order valence-electron chi connectivity index (χ2n) is 5.75. The summed E-state index contributed by atoms with van der Waals surface area (Å²) in [5.41, 5.74) is 0.216. The minimum absolute atomic E-state index is 0.216. The molecule has 0 atom stereocenters. The summed E-state index contributed by atoms with van der Waals surface area (Å²) in [5, 5.41) is 7.86. The first-order valence-corrected chi connectivity index (χ1v) is 8.50. The second kappa shape index (κ2) is 7.75. The van der Waals surface area contributed by atoms with Crippen LogP contribution in [0.25, 0.3) is 0 Å². The maximum atomic E-state index is 5.27. The molecule has 0 aliphatic carbocycles. The average Bonchev–Trinajstić information content (AvgIpc) is 2.90. The lowest BCUT2D eigenvalue weighted by atomic mass is 9.89. The number of nitrogens with zero attached hydrogens (tertiary/aromatic N) is 2. The predicted molar refractivity (Wildman–Crippen MR) is 88.1 cm³/mol. The van der Waals surface area contributed by atoms with Gasteiger partial charge in [-0.05, 0) is 13.3 Å². The van der Waals surface area contributed by atoms with Crippen molar-refractivity contribution in [1.29, 1.82) is 0 Å². The molecule has 0 amide bonds. The zero-order valence-electron chi connectivity index (χ0n) is 13.2. The van der Waals surface area contributed by atoms with Crippen molar-refractivity contribution in [1.82, 2.24) is 15.6 Å². The molecule has 21 heavy (non-hydrogen) atoms. The third-order valence-electron chi connectivity index (χ3n) is 3.45. The van der Waals surface area contributed by atoms with E-state index in [4.69, 9.17) is 4.74 Å². The van der Waals surface area contributed by atoms with E-state index in [1.165, 1.54) is 9.88 Å². The number of guanidine groups is 1. The van der Waals surface area contributed by atoms with Gasteiger partial charge in [0.2, 0.25) is 0 Å². The van der Waals surface area contributed by atoms with Gasteiger partial charge >= 0.3 is 0 Å². The number of hydrogen-bond acceptors (Lipinski definition) is 4. The quantitative estimate of drug-likeness (QED) is 0.596. The van der Waals surface area contributed by atoms with E-state index in [2.05, 4.69) is 41.4 Å². The molecule has 0 unspecified atom stereocenters. The minimum Gasteiger partial charge on any atom is -0.380 e. The van der Waals surface area contributed by atoms with E-state index in [-0.39, 0.29) is 5.41 Å². The van der Waals surface area contributed by atoms with Crippen molar-refractivity contribution in [2.75, 3.05) is 32.8 Å². The zero-order chi connectivity index (χ0) is 15.1. The third kappa shape index (κ3) is 4.97. The molecule has 2 rings (SSSR count). The molecular formula is C15H26N4OS. The van der Waals surface area contributed by atoms with E-state index >= 15 is 0 Å². The number of aliphatic imine (C=N–C) groups is 1. The van der Waals surface area contributed by atoms with Crippen LogP contribution in [-0.2, 0) is 17.6 Å². The van der Waals surface area contributed by atoms with Crippen LogP contribution >= 0.6 is 11.3 Å². The highest BCUT2D eigenvalue weighted by Gasteiger charge is 2.33. The van der Waals surface area contributed by atoms with Gasteiger partial charge < -0.3 is 15.4 Å². The Bertz CT molecular complexity index is 468. The molecule has 5 nitrogen and oxygen atoms in total. The molecule has 0 saturated carbocycles. The maximum absolute atomic E-state index is 5.27. The van der Waals surface area contributed by atoms with E-state index in [1.807, 2.05) is 6.20 Å². The highest BCUT2D eigenvalue weighted by atomic mass is 32.1. The molecule has 0 spiro atoms. The van der Waals surface area contributed by atoms with Gasteiger partial charge in [-0.2, -0.15) is 0 Å². The van der Waals surface area contributed by atoms with Gasteiger partial charge in [0.05, 0.1) is 24.8 Å². The fraction of sp³-hybridized carbons (Fsp3) is 0.733. The number of hydrogen-bond donors (Lipinski definition) is 2. The third-order valence-corrected chi connectivity index (χ3v) is 4.65. The number of ether oxygens (including phenoxy) is 1. The summed E-state index contributed by atoms with van der Waals surface area (Å²) in [4.78, 5) is 10.4. The highest BCUT2D eigenvalue weighted by molar-refractivity contribution is 7.11. The van der Waals surface area contributed by atoms with Crippen LogP contribution in [0, 0.1) is 5.41 Å². The van der Waals surface area contributed by atoms with Crippen molar-refractivity contribution < 1.29 is 4.74 Å². The summed E-state index contributed by atoms with van der Waals surface area (Å²) in [6.45, 7) is 10.6. The molecule has 6 heteroatoms. The molecule has 1 aliphatic rings. The van der Waals surface area contributed by atoms with Gasteiger partial charge in [0.15, 0.2) is 5.96 Å². The van der Waals surface area contributed by atoms with Crippen LogP contribution in [0.2, 0.25) is 0 Å². The first kappa shape index (κ1) is 16.2. The maximum Gasteiger partial charge on any atom is 0.191 e. The molecule has 2 N–H and O–H groups in total. The van der Waals surface area contributed by atoms with Gasteiger partial charge in [-0.15, -0.1) is 11.3 Å². The van der Waals surface area contributed by atoms with Crippen molar-refractivity contribution in [3.05, 3.63) is 16.1 Å². The van der Waals surface area contributed by atoms with Crippen LogP contribution in [0.1, 0.15) is 30.7 Å². The predicted octanol–water partition coefficient (Wildman–Crippen LogP) is 1.84. The van der Waals surface area contributed by atoms with Crippen LogP contribution < -0.4 is 10.6 Å². The van der Waals surface area contributed by atoms with E-state index in [1.54, 1.807) is 11.3 Å². The van der Waals surface area contributed by atoms with Gasteiger partial charge in [-0.25, -0.2) is 4.98 Å². The Kier molecular flexibility index (Phi) is 5.99. The molecule has 1 aromatic heterocycles. The Morgan fingerprint density at radius 1 is 1.43 bits per heavy atom. The molecular weight excluding hydrogens is 284 g/mol. The number of aryl methyl sites for hydroxylation is 1. The molecule has 1 fully saturated rings. The van der Waals surface area contributed by atoms with Crippen LogP contribution in [0.15, 0.2) is 11.2 Å². The van der Waals surface area contributed by atoms with Gasteiger partial charge in [-0.1, -0.05) is 13.8 Å². The standard InChI is InChI=1S/C15H26N4OS/c1-4-12-8-18-13(21-12)6-7-17-14(16-5-2)19-9-15(3)10-20-11-15/h8H,4-7,9-11H2,1-3H3,(H2,16,17,19). The van der Waals surface area contributed by atoms with Gasteiger partial charge in [0.25, 0.3) is 0 Å². The van der Waals surface area contributed by atoms with Gasteiger partial charge in [-0.3, -0.25) is 4.99 Å². The zero-order valence-corrected chi connectivity index (χ0v) is 14.1. The van der Waals surface area contributed by atoms with Gasteiger partial charge in [0, 0.05) is 36.0 Å². The average molecular weight is 310 g/mol. The Morgan fingerprint density at radius 2 is 2.24 bits per heavy atom. The fourth-order valence-electron chi connectivity index (χ4n) is 2.07. The molecule has 0 aromatic carbocycles. The monoisotopic (exact) mass is 310 g/mol. The van der Waals surface area contributed by atoms with E-state index < -0.39 is 0 Å². The minimum atomic E-state index is 0.216. The second-order valence-corrected chi connectivity index (χ2v) is 6.95. The first-order valence-electron chi connectivity index (χ1n) is 7.69. The number of aromatic nitrogens is 1. The van der Waals surface area contributed by atoms with Crippen LogP contribution in [0.5, 0.6) is 0 Å². The molecule has 0 bridgehead atoms. The Morgan fingerprint density at radius 3 is 2.81 bits per heavy atom. The normalized spacial score (nSPS) is 17.4. The molecule has 1 saturated heterocycles. The number of thiazole rings is 1. The lowest BCUT2D eigenvalue weighted by molar-refractivity contribution is -0.0945. The SMILES string of the molecule is CCNC(=NCC1(C)COC1)NCCc1ncc(CC)s1. The first-order chi connectivity index (χ1) is 10.1. The Labute approximate surface area is 131 Å². The Balaban J connectivity index is 1.77. The van der Waals surface area contributed by atoms with Crippen molar-refractivity contribution >= 4 is 17.3 Å². The van der Waals surface area contributed by atoms with Gasteiger partial charge in [0.1, 0.15) is 0 Å². The van der Waals surface area contributed by atoms with E-state index in [9.17, 15) is 0 Å². The molecule has 1 aliphatic heterocycles. The molecule has 2 heterocycles. The van der Waals surface area contributed by atoms with Crippen molar-refractivity contribution in [3.8, 4) is 0 Å². The van der Waals surface area contributed by atoms with E-state index in [0.29, 0.717) is 0 Å². The largest absolute Gasteiger partial charge is 0.380 e. The van der Waals surface area contributed by atoms with Crippen molar-refractivity contribution in [2.24, 2.45) is 10.4 Å². The number of rotatable bonds is 7. The van der Waals surface area contributed by atoms with Crippen LogP contribution in [0.3, 0.4) is 0 Å². The lowest BCUT2D eigenvalue weighted by Gasteiger charge is -2.36. The molecule has 0 radical (unpaired) electrons.